The second kappa shape index (κ2) is 8.73. The predicted octanol–water partition coefficient (Wildman–Crippen LogP) is 2.34. The summed E-state index contributed by atoms with van der Waals surface area (Å²) in [7, 11) is 3.81. The summed E-state index contributed by atoms with van der Waals surface area (Å²) in [5.74, 6) is 1.94. The molecule has 128 valence electrons. The van der Waals surface area contributed by atoms with Crippen LogP contribution in [0.1, 0.15) is 24.4 Å². The Morgan fingerprint density at radius 2 is 1.87 bits per heavy atom. The van der Waals surface area contributed by atoms with Crippen LogP contribution in [0.2, 0.25) is 0 Å². The number of hydrogen-bond acceptors (Lipinski definition) is 5. The fourth-order valence-corrected chi connectivity index (χ4v) is 3.25. The van der Waals surface area contributed by atoms with E-state index < -0.39 is 0 Å². The van der Waals surface area contributed by atoms with Gasteiger partial charge in [-0.25, -0.2) is 0 Å². The van der Waals surface area contributed by atoms with Gasteiger partial charge in [-0.1, -0.05) is 12.1 Å². The standard InChI is InChI=1S/C17H26N4O.HI/c1-20-12-9-18-17(20)19-13-16(21-10-3-4-11-21)14-5-7-15(22-2)8-6-14;/h5-8,16H,3-4,9-13H2,1-2H3,(H,18,19);1H. The van der Waals surface area contributed by atoms with Crippen molar-refractivity contribution in [2.24, 2.45) is 4.99 Å². The second-order valence-electron chi connectivity index (χ2n) is 6.04. The van der Waals surface area contributed by atoms with Gasteiger partial charge in [0.15, 0.2) is 5.96 Å². The first-order valence-electron chi connectivity index (χ1n) is 8.15. The molecule has 1 N–H and O–H groups in total. The summed E-state index contributed by atoms with van der Waals surface area (Å²) >= 11 is 0. The fraction of sp³-hybridized carbons (Fsp3) is 0.588. The van der Waals surface area contributed by atoms with E-state index in [1.54, 1.807) is 7.11 Å². The number of ether oxygens (including phenoxy) is 1. The zero-order valence-corrected chi connectivity index (χ0v) is 16.3. The Bertz CT molecular complexity index is 514. The minimum Gasteiger partial charge on any atom is -0.497 e. The summed E-state index contributed by atoms with van der Waals surface area (Å²) in [5, 5.41) is 3.54. The maximum atomic E-state index is 5.27. The molecule has 5 nitrogen and oxygen atoms in total. The summed E-state index contributed by atoms with van der Waals surface area (Å²) in [5.41, 5.74) is 1.34. The van der Waals surface area contributed by atoms with Crippen LogP contribution in [0.5, 0.6) is 5.75 Å². The molecule has 2 aliphatic heterocycles. The summed E-state index contributed by atoms with van der Waals surface area (Å²) in [6, 6.07) is 8.87. The van der Waals surface area contributed by atoms with E-state index in [-0.39, 0.29) is 24.0 Å². The largest absolute Gasteiger partial charge is 0.497 e. The Morgan fingerprint density at radius 3 is 2.43 bits per heavy atom. The number of halogens is 1. The van der Waals surface area contributed by atoms with Crippen molar-refractivity contribution in [3.63, 3.8) is 0 Å². The summed E-state index contributed by atoms with van der Waals surface area (Å²) in [6.07, 6.45) is 2.60. The highest BCUT2D eigenvalue weighted by Crippen LogP contribution is 2.26. The van der Waals surface area contributed by atoms with Crippen molar-refractivity contribution < 1.29 is 4.74 Å². The molecule has 0 spiro atoms. The molecule has 23 heavy (non-hydrogen) atoms. The van der Waals surface area contributed by atoms with Crippen molar-refractivity contribution in [2.75, 3.05) is 46.9 Å². The highest BCUT2D eigenvalue weighted by Gasteiger charge is 2.24. The third-order valence-electron chi connectivity index (χ3n) is 4.59. The molecule has 0 saturated carbocycles. The average Bonchev–Trinajstić information content (AvgIpc) is 3.21. The number of aliphatic imine (C=N–C) groups is 1. The number of likely N-dealkylation sites (tertiary alicyclic amines) is 1. The van der Waals surface area contributed by atoms with E-state index in [0.717, 1.165) is 31.3 Å². The summed E-state index contributed by atoms with van der Waals surface area (Å²) in [4.78, 5) is 9.29. The van der Waals surface area contributed by atoms with Gasteiger partial charge in [-0.3, -0.25) is 9.89 Å². The highest BCUT2D eigenvalue weighted by atomic mass is 127. The molecule has 0 aliphatic carbocycles. The molecule has 3 rings (SSSR count). The van der Waals surface area contributed by atoms with Gasteiger partial charge in [0.05, 0.1) is 19.7 Å². The van der Waals surface area contributed by atoms with Crippen molar-refractivity contribution >= 4 is 29.9 Å². The van der Waals surface area contributed by atoms with Crippen molar-refractivity contribution in [1.82, 2.24) is 15.1 Å². The van der Waals surface area contributed by atoms with Crippen LogP contribution < -0.4 is 10.1 Å². The predicted molar refractivity (Wildman–Crippen MR) is 105 cm³/mol. The first kappa shape index (κ1) is 18.3. The van der Waals surface area contributed by atoms with Crippen molar-refractivity contribution in [2.45, 2.75) is 18.9 Å². The van der Waals surface area contributed by atoms with Crippen molar-refractivity contribution in [3.8, 4) is 5.75 Å². The van der Waals surface area contributed by atoms with Crippen LogP contribution in [0.25, 0.3) is 0 Å². The van der Waals surface area contributed by atoms with E-state index in [4.69, 9.17) is 4.74 Å². The van der Waals surface area contributed by atoms with Gasteiger partial charge in [0.1, 0.15) is 5.75 Å². The Hall–Kier alpha value is -1.02. The van der Waals surface area contributed by atoms with Gasteiger partial charge < -0.3 is 15.0 Å². The third-order valence-corrected chi connectivity index (χ3v) is 4.59. The minimum atomic E-state index is 0. The number of likely N-dealkylation sites (N-methyl/N-ethyl adjacent to an activating group) is 1. The topological polar surface area (TPSA) is 40.1 Å². The number of guanidine groups is 1. The van der Waals surface area contributed by atoms with Gasteiger partial charge in [0.25, 0.3) is 0 Å². The molecular weight excluding hydrogens is 403 g/mol. The van der Waals surface area contributed by atoms with Crippen LogP contribution in [0.3, 0.4) is 0 Å². The molecule has 0 aromatic heterocycles. The smallest absolute Gasteiger partial charge is 0.193 e. The lowest BCUT2D eigenvalue weighted by Crippen LogP contribution is -2.41. The van der Waals surface area contributed by atoms with Crippen LogP contribution >= 0.6 is 24.0 Å². The fourth-order valence-electron chi connectivity index (χ4n) is 3.25. The Morgan fingerprint density at radius 1 is 1.17 bits per heavy atom. The van der Waals surface area contributed by atoms with E-state index >= 15 is 0 Å². The quantitative estimate of drug-likeness (QED) is 0.729. The van der Waals surface area contributed by atoms with Crippen LogP contribution in [-0.4, -0.2) is 62.6 Å². The van der Waals surface area contributed by atoms with Crippen LogP contribution in [0, 0.1) is 0 Å². The van der Waals surface area contributed by atoms with Crippen molar-refractivity contribution in [3.05, 3.63) is 29.8 Å². The number of benzene rings is 1. The lowest BCUT2D eigenvalue weighted by Gasteiger charge is -2.29. The molecule has 1 fully saturated rings. The molecule has 2 heterocycles. The van der Waals surface area contributed by atoms with Gasteiger partial charge in [0.2, 0.25) is 0 Å². The molecule has 1 aromatic rings. The Labute approximate surface area is 156 Å². The molecule has 2 aliphatic rings. The van der Waals surface area contributed by atoms with E-state index in [0.29, 0.717) is 6.04 Å². The first-order valence-corrected chi connectivity index (χ1v) is 8.15. The third kappa shape index (κ3) is 4.50. The Balaban J connectivity index is 0.00000192. The zero-order chi connectivity index (χ0) is 15.4. The molecule has 1 unspecified atom stereocenters. The molecule has 0 radical (unpaired) electrons. The number of rotatable bonds is 5. The maximum absolute atomic E-state index is 5.27. The second-order valence-corrected chi connectivity index (χ2v) is 6.04. The van der Waals surface area contributed by atoms with Gasteiger partial charge in [0, 0.05) is 20.1 Å². The first-order chi connectivity index (χ1) is 10.8. The highest BCUT2D eigenvalue weighted by molar-refractivity contribution is 14.0. The lowest BCUT2D eigenvalue weighted by atomic mass is 10.1. The molecule has 1 saturated heterocycles. The Kier molecular flexibility index (Phi) is 6.95. The van der Waals surface area contributed by atoms with Crippen LogP contribution in [0.4, 0.5) is 0 Å². The molecule has 6 heteroatoms. The van der Waals surface area contributed by atoms with Crippen LogP contribution in [-0.2, 0) is 0 Å². The van der Waals surface area contributed by atoms with E-state index in [2.05, 4.69) is 51.4 Å². The maximum Gasteiger partial charge on any atom is 0.193 e. The number of hydrogen-bond donors (Lipinski definition) is 1. The summed E-state index contributed by atoms with van der Waals surface area (Å²) < 4.78 is 5.27. The minimum absolute atomic E-state index is 0. The molecule has 0 bridgehead atoms. The molecule has 1 atom stereocenters. The monoisotopic (exact) mass is 430 g/mol. The molecule has 0 amide bonds. The van der Waals surface area contributed by atoms with E-state index in [1.807, 2.05) is 0 Å². The number of nitrogens with zero attached hydrogens (tertiary/aromatic N) is 3. The molecule has 1 aromatic carbocycles. The number of methoxy groups -OCH3 is 1. The lowest BCUT2D eigenvalue weighted by molar-refractivity contribution is 0.244. The van der Waals surface area contributed by atoms with E-state index in [9.17, 15) is 0 Å². The average molecular weight is 430 g/mol. The molecular formula is C17H27IN4O. The van der Waals surface area contributed by atoms with Gasteiger partial charge in [-0.15, -0.1) is 24.0 Å². The number of nitrogens with one attached hydrogen (secondary N) is 1. The van der Waals surface area contributed by atoms with E-state index in [1.165, 1.54) is 31.5 Å². The SMILES string of the molecule is COc1ccc(C(CNC2=NCCN2C)N2CCCC2)cc1.I. The van der Waals surface area contributed by atoms with Crippen LogP contribution in [0.15, 0.2) is 29.3 Å². The normalized spacial score (nSPS) is 19.2. The summed E-state index contributed by atoms with van der Waals surface area (Å²) in [6.45, 7) is 5.17. The van der Waals surface area contributed by atoms with Crippen molar-refractivity contribution in [1.29, 1.82) is 0 Å². The zero-order valence-electron chi connectivity index (χ0n) is 14.0. The van der Waals surface area contributed by atoms with Gasteiger partial charge >= 0.3 is 0 Å². The van der Waals surface area contributed by atoms with Gasteiger partial charge in [-0.2, -0.15) is 0 Å². The van der Waals surface area contributed by atoms with Gasteiger partial charge in [-0.05, 0) is 43.6 Å².